The predicted octanol–water partition coefficient (Wildman–Crippen LogP) is 5.94. The lowest BCUT2D eigenvalue weighted by Gasteiger charge is -2.12. The second-order valence-electron chi connectivity index (χ2n) is 6.62. The Hall–Kier alpha value is -2.90. The molecule has 8 heteroatoms. The van der Waals surface area contributed by atoms with Crippen molar-refractivity contribution in [3.05, 3.63) is 64.5 Å². The summed E-state index contributed by atoms with van der Waals surface area (Å²) in [6.07, 6.45) is 3.41. The van der Waals surface area contributed by atoms with E-state index in [-0.39, 0.29) is 5.91 Å². The number of amidine groups is 1. The molecule has 0 unspecified atom stereocenters. The smallest absolute Gasteiger partial charge is 0.266 e. The number of nitrogens with zero attached hydrogens (tertiary/aromatic N) is 2. The molecule has 0 atom stereocenters. The van der Waals surface area contributed by atoms with Crippen LogP contribution in [0.3, 0.4) is 0 Å². The number of aliphatic imine (C=N–C) groups is 1. The van der Waals surface area contributed by atoms with Crippen LogP contribution in [0.4, 0.5) is 5.69 Å². The molecule has 0 N–H and O–H groups in total. The quantitative estimate of drug-likeness (QED) is 0.334. The molecule has 6 nitrogen and oxygen atoms in total. The minimum Gasteiger partial charge on any atom is -0.494 e. The molecule has 0 aliphatic carbocycles. The maximum atomic E-state index is 13.0. The van der Waals surface area contributed by atoms with E-state index in [1.54, 1.807) is 36.3 Å². The first-order valence-corrected chi connectivity index (χ1v) is 11.3. The Bertz CT molecular complexity index is 1050. The Morgan fingerprint density at radius 1 is 1.19 bits per heavy atom. The lowest BCUT2D eigenvalue weighted by molar-refractivity contribution is -0.122. The van der Waals surface area contributed by atoms with E-state index in [4.69, 9.17) is 25.8 Å². The highest BCUT2D eigenvalue weighted by Crippen LogP contribution is 2.39. The summed E-state index contributed by atoms with van der Waals surface area (Å²) in [7, 11) is 1.54. The second kappa shape index (κ2) is 11.1. The van der Waals surface area contributed by atoms with E-state index < -0.39 is 0 Å². The summed E-state index contributed by atoms with van der Waals surface area (Å²) in [4.78, 5) is 19.8. The van der Waals surface area contributed by atoms with Crippen molar-refractivity contribution in [2.24, 2.45) is 4.99 Å². The molecule has 2 aromatic carbocycles. The van der Waals surface area contributed by atoms with Crippen molar-refractivity contribution in [2.75, 3.05) is 26.9 Å². The van der Waals surface area contributed by atoms with Crippen molar-refractivity contribution in [3.63, 3.8) is 0 Å². The molecule has 2 aromatic rings. The lowest BCUT2D eigenvalue weighted by Crippen LogP contribution is -2.28. The van der Waals surface area contributed by atoms with Crippen LogP contribution >= 0.6 is 23.4 Å². The van der Waals surface area contributed by atoms with Gasteiger partial charge in [-0.1, -0.05) is 24.3 Å². The van der Waals surface area contributed by atoms with Gasteiger partial charge in [-0.25, -0.2) is 4.99 Å². The number of carbonyl (C=O) groups is 1. The SMILES string of the molecule is C=CCOc1c(Cl)cc(/C=C2\SC(=Nc3ccc(OCC)cc3)N(CC)C2=O)cc1OC. The molecule has 1 aliphatic heterocycles. The van der Waals surface area contributed by atoms with Gasteiger partial charge in [-0.05, 0) is 73.6 Å². The van der Waals surface area contributed by atoms with Crippen LogP contribution in [0.5, 0.6) is 17.2 Å². The minimum absolute atomic E-state index is 0.107. The van der Waals surface area contributed by atoms with Crippen LogP contribution in [0.25, 0.3) is 6.08 Å². The van der Waals surface area contributed by atoms with Crippen molar-refractivity contribution < 1.29 is 19.0 Å². The van der Waals surface area contributed by atoms with Crippen molar-refractivity contribution in [2.45, 2.75) is 13.8 Å². The van der Waals surface area contributed by atoms with E-state index in [2.05, 4.69) is 11.6 Å². The molecule has 0 aromatic heterocycles. The van der Waals surface area contributed by atoms with Crippen LogP contribution in [-0.4, -0.2) is 42.8 Å². The van der Waals surface area contributed by atoms with E-state index in [9.17, 15) is 4.79 Å². The number of methoxy groups -OCH3 is 1. The first-order chi connectivity index (χ1) is 15.5. The number of likely N-dealkylation sites (N-methyl/N-ethyl adjacent to an activating group) is 1. The maximum Gasteiger partial charge on any atom is 0.266 e. The Balaban J connectivity index is 1.89. The van der Waals surface area contributed by atoms with Crippen LogP contribution < -0.4 is 14.2 Å². The molecular weight excluding hydrogens is 448 g/mol. The van der Waals surface area contributed by atoms with Gasteiger partial charge >= 0.3 is 0 Å². The van der Waals surface area contributed by atoms with Crippen molar-refractivity contribution >= 4 is 46.2 Å². The fraction of sp³-hybridized carbons (Fsp3) is 0.250. The Kier molecular flexibility index (Phi) is 8.25. The molecule has 1 heterocycles. The third-order valence-corrected chi connectivity index (χ3v) is 5.76. The highest BCUT2D eigenvalue weighted by molar-refractivity contribution is 8.18. The normalized spacial score (nSPS) is 16.0. The van der Waals surface area contributed by atoms with E-state index in [1.807, 2.05) is 38.1 Å². The van der Waals surface area contributed by atoms with Gasteiger partial charge in [0.05, 0.1) is 29.3 Å². The molecule has 1 fully saturated rings. The first kappa shape index (κ1) is 23.8. The third-order valence-electron chi connectivity index (χ3n) is 4.47. The fourth-order valence-electron chi connectivity index (χ4n) is 3.02. The largest absolute Gasteiger partial charge is 0.494 e. The first-order valence-electron chi connectivity index (χ1n) is 10.1. The van der Waals surface area contributed by atoms with E-state index in [0.717, 1.165) is 17.0 Å². The van der Waals surface area contributed by atoms with Gasteiger partial charge < -0.3 is 14.2 Å². The maximum absolute atomic E-state index is 13.0. The van der Waals surface area contributed by atoms with Crippen molar-refractivity contribution in [1.82, 2.24) is 4.90 Å². The van der Waals surface area contributed by atoms with Crippen LogP contribution in [-0.2, 0) is 4.79 Å². The second-order valence-corrected chi connectivity index (χ2v) is 8.03. The number of carbonyl (C=O) groups excluding carboxylic acids is 1. The summed E-state index contributed by atoms with van der Waals surface area (Å²) in [5.41, 5.74) is 1.48. The number of amides is 1. The molecule has 0 bridgehead atoms. The van der Waals surface area contributed by atoms with Crippen molar-refractivity contribution in [3.8, 4) is 17.2 Å². The molecule has 1 amide bonds. The molecule has 168 valence electrons. The van der Waals surface area contributed by atoms with Gasteiger partial charge in [0.15, 0.2) is 16.7 Å². The van der Waals surface area contributed by atoms with Crippen molar-refractivity contribution in [1.29, 1.82) is 0 Å². The number of hydrogen-bond donors (Lipinski definition) is 0. The zero-order valence-electron chi connectivity index (χ0n) is 18.3. The average molecular weight is 473 g/mol. The number of hydrogen-bond acceptors (Lipinski definition) is 6. The Morgan fingerprint density at radius 2 is 1.94 bits per heavy atom. The van der Waals surface area contributed by atoms with E-state index in [1.165, 1.54) is 11.8 Å². The molecular formula is C24H25ClN2O4S. The highest BCUT2D eigenvalue weighted by atomic mass is 35.5. The standard InChI is InChI=1S/C24H25ClN2O4S/c1-5-12-31-22-19(25)13-16(14-20(22)29-4)15-21-23(28)27(6-2)24(32-21)26-17-8-10-18(11-9-17)30-7-3/h5,8-11,13-15H,1,6-7,12H2,2-4H3/b21-15-,26-24?. The molecule has 0 radical (unpaired) electrons. The van der Waals surface area contributed by atoms with Gasteiger partial charge in [0.25, 0.3) is 5.91 Å². The summed E-state index contributed by atoms with van der Waals surface area (Å²) in [6, 6.07) is 11.0. The van der Waals surface area contributed by atoms with Gasteiger partial charge in [-0.3, -0.25) is 9.69 Å². The Morgan fingerprint density at radius 3 is 2.56 bits per heavy atom. The Labute approximate surface area is 197 Å². The summed E-state index contributed by atoms with van der Waals surface area (Å²) >= 11 is 7.71. The van der Waals surface area contributed by atoms with Crippen LogP contribution in [0, 0.1) is 0 Å². The molecule has 1 aliphatic rings. The van der Waals surface area contributed by atoms with E-state index >= 15 is 0 Å². The fourth-order valence-corrected chi connectivity index (χ4v) is 4.36. The summed E-state index contributed by atoms with van der Waals surface area (Å²) in [6.45, 7) is 8.92. The lowest BCUT2D eigenvalue weighted by atomic mass is 10.1. The summed E-state index contributed by atoms with van der Waals surface area (Å²) in [5.74, 6) is 1.60. The van der Waals surface area contributed by atoms with E-state index in [0.29, 0.717) is 46.4 Å². The summed E-state index contributed by atoms with van der Waals surface area (Å²) < 4.78 is 16.5. The summed E-state index contributed by atoms with van der Waals surface area (Å²) in [5, 5.41) is 1.01. The average Bonchev–Trinajstić information content (AvgIpc) is 3.07. The molecule has 1 saturated heterocycles. The zero-order valence-corrected chi connectivity index (χ0v) is 19.8. The topological polar surface area (TPSA) is 60.4 Å². The molecule has 0 spiro atoms. The monoisotopic (exact) mass is 472 g/mol. The molecule has 32 heavy (non-hydrogen) atoms. The van der Waals surface area contributed by atoms with Gasteiger partial charge in [-0.15, -0.1) is 0 Å². The van der Waals surface area contributed by atoms with Gasteiger partial charge in [0.2, 0.25) is 0 Å². The number of halogens is 1. The van der Waals surface area contributed by atoms with Crippen LogP contribution in [0.2, 0.25) is 5.02 Å². The van der Waals surface area contributed by atoms with Crippen LogP contribution in [0.1, 0.15) is 19.4 Å². The number of rotatable bonds is 9. The number of thioether (sulfide) groups is 1. The third kappa shape index (κ3) is 5.47. The van der Waals surface area contributed by atoms with Gasteiger partial charge in [0.1, 0.15) is 12.4 Å². The molecule has 0 saturated carbocycles. The van der Waals surface area contributed by atoms with Crippen LogP contribution in [0.15, 0.2) is 59.0 Å². The number of benzene rings is 2. The van der Waals surface area contributed by atoms with Gasteiger partial charge in [-0.2, -0.15) is 0 Å². The van der Waals surface area contributed by atoms with Gasteiger partial charge in [0, 0.05) is 6.54 Å². The predicted molar refractivity (Wildman–Crippen MR) is 131 cm³/mol. The zero-order chi connectivity index (χ0) is 23.1. The molecule has 3 rings (SSSR count). The minimum atomic E-state index is -0.107. The number of ether oxygens (including phenoxy) is 3. The highest BCUT2D eigenvalue weighted by Gasteiger charge is 2.32.